The van der Waals surface area contributed by atoms with Crippen molar-refractivity contribution in [3.05, 3.63) is 0 Å². The Morgan fingerprint density at radius 2 is 2.22 bits per heavy atom. The summed E-state index contributed by atoms with van der Waals surface area (Å²) in [5.41, 5.74) is 0. The zero-order valence-corrected chi connectivity index (χ0v) is 6.39. The molecule has 1 aliphatic rings. The van der Waals surface area contributed by atoms with Crippen molar-refractivity contribution in [1.82, 2.24) is 0 Å². The second-order valence-electron chi connectivity index (χ2n) is 3.15. The van der Waals surface area contributed by atoms with E-state index >= 15 is 0 Å². The predicted octanol–water partition coefficient (Wildman–Crippen LogP) is 2.07. The van der Waals surface area contributed by atoms with Crippen molar-refractivity contribution in [3.8, 4) is 0 Å². The molecular weight excluding hydrogens is 112 g/mol. The number of hydrogen-bond acceptors (Lipinski definition) is 1. The lowest BCUT2D eigenvalue weighted by Gasteiger charge is -2.27. The molecule has 0 saturated carbocycles. The zero-order valence-electron chi connectivity index (χ0n) is 6.39. The Bertz CT molecular complexity index is 73.9. The van der Waals surface area contributed by atoms with Gasteiger partial charge in [-0.1, -0.05) is 20.3 Å². The summed E-state index contributed by atoms with van der Waals surface area (Å²) >= 11 is 0. The minimum atomic E-state index is 0.889. The van der Waals surface area contributed by atoms with E-state index in [1.54, 1.807) is 0 Å². The molecule has 0 aliphatic carbocycles. The topological polar surface area (TPSA) is 9.23 Å². The summed E-state index contributed by atoms with van der Waals surface area (Å²) in [4.78, 5) is 0. The van der Waals surface area contributed by atoms with Gasteiger partial charge < -0.3 is 4.74 Å². The second kappa shape index (κ2) is 3.21. The van der Waals surface area contributed by atoms with Crippen LogP contribution in [0, 0.1) is 11.8 Å². The van der Waals surface area contributed by atoms with Gasteiger partial charge in [0, 0.05) is 5.92 Å². The molecule has 1 saturated heterocycles. The summed E-state index contributed by atoms with van der Waals surface area (Å²) in [6.45, 7) is 6.61. The Labute approximate surface area is 57.4 Å². The first-order valence-corrected chi connectivity index (χ1v) is 3.90. The normalized spacial score (nSPS) is 23.3. The van der Waals surface area contributed by atoms with Crippen molar-refractivity contribution in [2.24, 2.45) is 11.8 Å². The van der Waals surface area contributed by atoms with E-state index in [9.17, 15) is 0 Å². The van der Waals surface area contributed by atoms with Crippen LogP contribution >= 0.6 is 0 Å². The van der Waals surface area contributed by atoms with Crippen molar-refractivity contribution in [2.45, 2.75) is 26.7 Å². The second-order valence-corrected chi connectivity index (χ2v) is 3.15. The van der Waals surface area contributed by atoms with Crippen LogP contribution in [0.25, 0.3) is 0 Å². The third kappa shape index (κ3) is 1.98. The molecule has 54 valence electrons. The highest BCUT2D eigenvalue weighted by molar-refractivity contribution is 4.67. The lowest BCUT2D eigenvalue weighted by atomic mass is 9.93. The van der Waals surface area contributed by atoms with Gasteiger partial charge in [-0.3, -0.25) is 0 Å². The van der Waals surface area contributed by atoms with E-state index in [1.165, 1.54) is 12.8 Å². The molecule has 9 heavy (non-hydrogen) atoms. The molecule has 0 bridgehead atoms. The van der Waals surface area contributed by atoms with Crippen LogP contribution in [-0.2, 0) is 4.74 Å². The fraction of sp³-hybridized carbons (Fsp3) is 1.00. The first kappa shape index (κ1) is 7.07. The van der Waals surface area contributed by atoms with E-state index in [1.807, 2.05) is 0 Å². The van der Waals surface area contributed by atoms with Crippen LogP contribution < -0.4 is 0 Å². The van der Waals surface area contributed by atoms with Gasteiger partial charge in [-0.25, -0.2) is 0 Å². The molecule has 0 aromatic carbocycles. The molecule has 1 nitrogen and oxygen atoms in total. The quantitative estimate of drug-likeness (QED) is 0.565. The molecule has 1 rings (SSSR count). The summed E-state index contributed by atoms with van der Waals surface area (Å²) in [6.07, 6.45) is 2.69. The Kier molecular flexibility index (Phi) is 2.52. The lowest BCUT2D eigenvalue weighted by Crippen LogP contribution is -2.28. The van der Waals surface area contributed by atoms with Crippen LogP contribution in [0.3, 0.4) is 0 Å². The third-order valence-electron chi connectivity index (χ3n) is 2.14. The highest BCUT2D eigenvalue weighted by atomic mass is 16.5. The average molecular weight is 128 g/mol. The Morgan fingerprint density at radius 3 is 2.56 bits per heavy atom. The van der Waals surface area contributed by atoms with Crippen molar-refractivity contribution in [3.63, 3.8) is 0 Å². The van der Waals surface area contributed by atoms with Crippen LogP contribution in [0.15, 0.2) is 0 Å². The van der Waals surface area contributed by atoms with Crippen molar-refractivity contribution in [1.29, 1.82) is 0 Å². The SMILES string of the molecule is CCC(C)CC1COC1. The molecular formula is C8H16O. The number of rotatable bonds is 3. The minimum absolute atomic E-state index is 0.889. The highest BCUT2D eigenvalue weighted by Crippen LogP contribution is 2.21. The van der Waals surface area contributed by atoms with Crippen LogP contribution in [0.2, 0.25) is 0 Å². The zero-order chi connectivity index (χ0) is 6.69. The first-order valence-electron chi connectivity index (χ1n) is 3.90. The van der Waals surface area contributed by atoms with Gasteiger partial charge in [-0.05, 0) is 12.3 Å². The van der Waals surface area contributed by atoms with Gasteiger partial charge in [0.2, 0.25) is 0 Å². The smallest absolute Gasteiger partial charge is 0.0516 e. The van der Waals surface area contributed by atoms with Crippen LogP contribution in [0.1, 0.15) is 26.7 Å². The van der Waals surface area contributed by atoms with Gasteiger partial charge >= 0.3 is 0 Å². The highest BCUT2D eigenvalue weighted by Gasteiger charge is 2.19. The molecule has 0 aromatic heterocycles. The van der Waals surface area contributed by atoms with Gasteiger partial charge in [-0.15, -0.1) is 0 Å². The van der Waals surface area contributed by atoms with E-state index < -0.39 is 0 Å². The summed E-state index contributed by atoms with van der Waals surface area (Å²) in [6, 6.07) is 0. The summed E-state index contributed by atoms with van der Waals surface area (Å²) in [5.74, 6) is 1.79. The van der Waals surface area contributed by atoms with Gasteiger partial charge in [-0.2, -0.15) is 0 Å². The molecule has 0 aromatic rings. The van der Waals surface area contributed by atoms with Gasteiger partial charge in [0.15, 0.2) is 0 Å². The summed E-state index contributed by atoms with van der Waals surface area (Å²) < 4.78 is 5.08. The molecule has 0 radical (unpaired) electrons. The Hall–Kier alpha value is -0.0400. The molecule has 1 fully saturated rings. The summed E-state index contributed by atoms with van der Waals surface area (Å²) in [7, 11) is 0. The first-order chi connectivity index (χ1) is 4.33. The lowest BCUT2D eigenvalue weighted by molar-refractivity contribution is -0.0417. The standard InChI is InChI=1S/C8H16O/c1-3-7(2)4-8-5-9-6-8/h7-8H,3-6H2,1-2H3. The van der Waals surface area contributed by atoms with Crippen molar-refractivity contribution in [2.75, 3.05) is 13.2 Å². The van der Waals surface area contributed by atoms with E-state index in [4.69, 9.17) is 4.74 Å². The van der Waals surface area contributed by atoms with Crippen molar-refractivity contribution >= 4 is 0 Å². The fourth-order valence-electron chi connectivity index (χ4n) is 1.16. The third-order valence-corrected chi connectivity index (χ3v) is 2.14. The number of hydrogen-bond donors (Lipinski definition) is 0. The molecule has 1 atom stereocenters. The van der Waals surface area contributed by atoms with Crippen LogP contribution in [0.5, 0.6) is 0 Å². The molecule has 1 aliphatic heterocycles. The van der Waals surface area contributed by atoms with E-state index in [-0.39, 0.29) is 0 Å². The molecule has 0 amide bonds. The minimum Gasteiger partial charge on any atom is -0.381 e. The monoisotopic (exact) mass is 128 g/mol. The molecule has 1 heteroatoms. The molecule has 1 unspecified atom stereocenters. The summed E-state index contributed by atoms with van der Waals surface area (Å²) in [5, 5.41) is 0. The maximum absolute atomic E-state index is 5.08. The largest absolute Gasteiger partial charge is 0.381 e. The number of ether oxygens (including phenoxy) is 1. The average Bonchev–Trinajstić information content (AvgIpc) is 1.78. The van der Waals surface area contributed by atoms with Crippen molar-refractivity contribution < 1.29 is 4.74 Å². The maximum atomic E-state index is 5.08. The fourth-order valence-corrected chi connectivity index (χ4v) is 1.16. The predicted molar refractivity (Wildman–Crippen MR) is 38.4 cm³/mol. The van der Waals surface area contributed by atoms with E-state index in [0.717, 1.165) is 25.0 Å². The Morgan fingerprint density at radius 1 is 1.56 bits per heavy atom. The van der Waals surface area contributed by atoms with Gasteiger partial charge in [0.25, 0.3) is 0 Å². The van der Waals surface area contributed by atoms with E-state index in [2.05, 4.69) is 13.8 Å². The molecule has 0 N–H and O–H groups in total. The van der Waals surface area contributed by atoms with E-state index in [0.29, 0.717) is 0 Å². The van der Waals surface area contributed by atoms with Gasteiger partial charge in [0.05, 0.1) is 13.2 Å². The molecule has 1 heterocycles. The van der Waals surface area contributed by atoms with Crippen LogP contribution in [-0.4, -0.2) is 13.2 Å². The maximum Gasteiger partial charge on any atom is 0.0516 e. The van der Waals surface area contributed by atoms with Crippen LogP contribution in [0.4, 0.5) is 0 Å². The van der Waals surface area contributed by atoms with Gasteiger partial charge in [0.1, 0.15) is 0 Å². The Balaban J connectivity index is 2.01. The molecule has 0 spiro atoms.